The van der Waals surface area contributed by atoms with Crippen LogP contribution in [0, 0.1) is 0 Å². The van der Waals surface area contributed by atoms with E-state index in [2.05, 4.69) is 0 Å². The van der Waals surface area contributed by atoms with Gasteiger partial charge in [-0.3, -0.25) is 4.90 Å². The van der Waals surface area contributed by atoms with E-state index >= 15 is 0 Å². The third kappa shape index (κ3) is 3.35. The molecule has 2 rings (SSSR count). The van der Waals surface area contributed by atoms with Crippen LogP contribution in [0.5, 0.6) is 0 Å². The smallest absolute Gasteiger partial charge is 0.411 e. The van der Waals surface area contributed by atoms with E-state index in [9.17, 15) is 14.7 Å². The highest BCUT2D eigenvalue weighted by Crippen LogP contribution is 2.26. The van der Waals surface area contributed by atoms with Crippen molar-refractivity contribution in [3.63, 3.8) is 0 Å². The molecule has 1 aromatic rings. The molecule has 1 amide bonds. The number of nitrogens with zero attached hydrogens (tertiary/aromatic N) is 1. The van der Waals surface area contributed by atoms with E-state index in [-0.39, 0.29) is 6.54 Å². The minimum absolute atomic E-state index is 0.270. The number of carbonyl (C=O) groups excluding carboxylic acids is 1. The van der Waals surface area contributed by atoms with Crippen molar-refractivity contribution in [2.75, 3.05) is 0 Å². The molecule has 114 valence electrons. The van der Waals surface area contributed by atoms with Crippen LogP contribution in [0.4, 0.5) is 4.79 Å². The van der Waals surface area contributed by atoms with E-state index < -0.39 is 23.7 Å². The number of ether oxygens (including phenoxy) is 1. The van der Waals surface area contributed by atoms with Crippen molar-refractivity contribution in [2.24, 2.45) is 0 Å². The van der Waals surface area contributed by atoms with Crippen LogP contribution in [0.25, 0.3) is 0 Å². The Morgan fingerprint density at radius 2 is 1.95 bits per heavy atom. The van der Waals surface area contributed by atoms with Gasteiger partial charge in [0.2, 0.25) is 0 Å². The van der Waals surface area contributed by atoms with E-state index in [1.807, 2.05) is 45.0 Å². The molecule has 1 atom stereocenters. The Hall–Kier alpha value is -2.04. The van der Waals surface area contributed by atoms with Gasteiger partial charge in [0.25, 0.3) is 0 Å². The van der Waals surface area contributed by atoms with Gasteiger partial charge >= 0.3 is 12.1 Å². The molecule has 21 heavy (non-hydrogen) atoms. The van der Waals surface area contributed by atoms with E-state index in [0.29, 0.717) is 12.8 Å². The quantitative estimate of drug-likeness (QED) is 0.930. The zero-order chi connectivity index (χ0) is 15.6. The summed E-state index contributed by atoms with van der Waals surface area (Å²) < 4.78 is 5.45. The highest BCUT2D eigenvalue weighted by molar-refractivity contribution is 5.81. The second-order valence-electron chi connectivity index (χ2n) is 5.94. The predicted molar refractivity (Wildman–Crippen MR) is 78.0 cm³/mol. The van der Waals surface area contributed by atoms with Crippen LogP contribution in [0.15, 0.2) is 24.3 Å². The van der Waals surface area contributed by atoms with E-state index in [1.165, 1.54) is 4.90 Å². The molecule has 1 aliphatic rings. The lowest BCUT2D eigenvalue weighted by Crippen LogP contribution is -2.50. The molecule has 0 aromatic heterocycles. The Bertz CT molecular complexity index is 553. The largest absolute Gasteiger partial charge is 0.480 e. The predicted octanol–water partition coefficient (Wildman–Crippen LogP) is 2.82. The van der Waals surface area contributed by atoms with Gasteiger partial charge in [0.15, 0.2) is 0 Å². The summed E-state index contributed by atoms with van der Waals surface area (Å²) in [7, 11) is 0. The summed E-state index contributed by atoms with van der Waals surface area (Å²) in [5.41, 5.74) is 1.35. The minimum Gasteiger partial charge on any atom is -0.480 e. The molecular weight excluding hydrogens is 270 g/mol. The van der Waals surface area contributed by atoms with Crippen LogP contribution in [0.3, 0.4) is 0 Å². The summed E-state index contributed by atoms with van der Waals surface area (Å²) in [5, 5.41) is 9.39. The number of rotatable bonds is 3. The molecule has 1 unspecified atom stereocenters. The van der Waals surface area contributed by atoms with Crippen molar-refractivity contribution in [3.05, 3.63) is 35.4 Å². The summed E-state index contributed by atoms with van der Waals surface area (Å²) in [4.78, 5) is 25.1. The fraction of sp³-hybridized carbons (Fsp3) is 0.500. The molecule has 0 fully saturated rings. The highest BCUT2D eigenvalue weighted by Gasteiger charge is 2.37. The lowest BCUT2D eigenvalue weighted by molar-refractivity contribution is -0.143. The minimum atomic E-state index is -1.00. The van der Waals surface area contributed by atoms with Gasteiger partial charge in [-0.2, -0.15) is 0 Å². The lowest BCUT2D eigenvalue weighted by Gasteiger charge is -2.36. The van der Waals surface area contributed by atoms with E-state index in [0.717, 1.165) is 11.1 Å². The summed E-state index contributed by atoms with van der Waals surface area (Å²) in [6.07, 6.45) is 0.414. The Balaban J connectivity index is 2.24. The number of carboxylic acids is 1. The van der Waals surface area contributed by atoms with Crippen LogP contribution in [-0.2, 0) is 22.5 Å². The van der Waals surface area contributed by atoms with E-state index in [1.54, 1.807) is 0 Å². The molecule has 1 aliphatic heterocycles. The van der Waals surface area contributed by atoms with Crippen LogP contribution < -0.4 is 0 Å². The van der Waals surface area contributed by atoms with Gasteiger partial charge in [0.1, 0.15) is 11.6 Å². The Labute approximate surface area is 124 Å². The van der Waals surface area contributed by atoms with Crippen molar-refractivity contribution in [3.8, 4) is 0 Å². The Morgan fingerprint density at radius 3 is 2.52 bits per heavy atom. The molecule has 0 spiro atoms. The number of hydrogen-bond donors (Lipinski definition) is 1. The molecule has 0 saturated carbocycles. The first-order chi connectivity index (χ1) is 9.84. The van der Waals surface area contributed by atoms with Crippen LogP contribution in [0.1, 0.15) is 38.3 Å². The summed E-state index contributed by atoms with van der Waals surface area (Å²) in [6, 6.07) is 6.72. The normalized spacial score (nSPS) is 18.0. The number of fused-ring (bicyclic) bond motifs is 1. The van der Waals surface area contributed by atoms with E-state index in [4.69, 9.17) is 4.74 Å². The van der Waals surface area contributed by atoms with Crippen molar-refractivity contribution in [1.82, 2.24) is 4.90 Å². The molecule has 5 nitrogen and oxygen atoms in total. The highest BCUT2D eigenvalue weighted by atomic mass is 16.6. The number of aliphatic carboxylic acids is 1. The summed E-state index contributed by atoms with van der Waals surface area (Å²) in [6.45, 7) is 5.83. The summed E-state index contributed by atoms with van der Waals surface area (Å²) in [5.74, 6) is -1.00. The summed E-state index contributed by atoms with van der Waals surface area (Å²) >= 11 is 0. The topological polar surface area (TPSA) is 66.8 Å². The van der Waals surface area contributed by atoms with Gasteiger partial charge in [-0.15, -0.1) is 0 Å². The van der Waals surface area contributed by atoms with Crippen molar-refractivity contribution < 1.29 is 19.4 Å². The van der Waals surface area contributed by atoms with Crippen LogP contribution in [0.2, 0.25) is 0 Å². The van der Waals surface area contributed by atoms with Gasteiger partial charge in [-0.25, -0.2) is 9.59 Å². The number of carboxylic acid groups (broad SMARTS) is 1. The SMILES string of the molecule is CCC(C)(C)OC(=O)N1Cc2ccccc2CC1C(=O)O. The van der Waals surface area contributed by atoms with Gasteiger partial charge in [-0.1, -0.05) is 31.2 Å². The Kier molecular flexibility index (Phi) is 4.21. The molecule has 5 heteroatoms. The number of hydrogen-bond acceptors (Lipinski definition) is 3. The molecule has 1 N–H and O–H groups in total. The molecule has 0 radical (unpaired) electrons. The van der Waals surface area contributed by atoms with Crippen molar-refractivity contribution >= 4 is 12.1 Å². The Morgan fingerprint density at radius 1 is 1.33 bits per heavy atom. The third-order valence-corrected chi connectivity index (χ3v) is 3.98. The maximum absolute atomic E-state index is 12.3. The molecule has 0 saturated heterocycles. The van der Waals surface area contributed by atoms with Gasteiger partial charge < -0.3 is 9.84 Å². The van der Waals surface area contributed by atoms with Crippen molar-refractivity contribution in [1.29, 1.82) is 0 Å². The molecular formula is C16H21NO4. The average molecular weight is 291 g/mol. The third-order valence-electron chi connectivity index (χ3n) is 3.98. The van der Waals surface area contributed by atoms with Gasteiger partial charge in [0, 0.05) is 6.42 Å². The lowest BCUT2D eigenvalue weighted by atomic mass is 9.94. The standard InChI is InChI=1S/C16H21NO4/c1-4-16(2,3)21-15(20)17-10-12-8-6-5-7-11(12)9-13(17)14(18)19/h5-8,13H,4,9-10H2,1-3H3,(H,18,19). The first kappa shape index (κ1) is 15.4. The number of amides is 1. The first-order valence-electron chi connectivity index (χ1n) is 7.13. The van der Waals surface area contributed by atoms with Crippen molar-refractivity contribution in [2.45, 2.75) is 51.8 Å². The fourth-order valence-electron chi connectivity index (χ4n) is 2.30. The van der Waals surface area contributed by atoms with Crippen LogP contribution >= 0.6 is 0 Å². The van der Waals surface area contributed by atoms with Crippen LogP contribution in [-0.4, -0.2) is 33.7 Å². The molecule has 1 heterocycles. The molecule has 0 bridgehead atoms. The molecule has 0 aliphatic carbocycles. The number of benzene rings is 1. The maximum atomic E-state index is 12.3. The maximum Gasteiger partial charge on any atom is 0.411 e. The zero-order valence-electron chi connectivity index (χ0n) is 12.6. The number of carbonyl (C=O) groups is 2. The average Bonchev–Trinajstić information content (AvgIpc) is 2.45. The molecule has 1 aromatic carbocycles. The second kappa shape index (κ2) is 5.76. The fourth-order valence-corrected chi connectivity index (χ4v) is 2.30. The monoisotopic (exact) mass is 291 g/mol. The first-order valence-corrected chi connectivity index (χ1v) is 7.13. The van der Waals surface area contributed by atoms with Gasteiger partial charge in [0.05, 0.1) is 6.54 Å². The second-order valence-corrected chi connectivity index (χ2v) is 5.94. The van der Waals surface area contributed by atoms with Gasteiger partial charge in [-0.05, 0) is 31.4 Å². The zero-order valence-corrected chi connectivity index (χ0v) is 12.6.